The maximum atomic E-state index is 2.23. The number of hydrogen-bond donors (Lipinski definition) is 0. The predicted octanol–water partition coefficient (Wildman–Crippen LogP) is 2.96. The third-order valence-corrected chi connectivity index (χ3v) is 5.49. The Morgan fingerprint density at radius 2 is 0.650 bits per heavy atom. The van der Waals surface area contributed by atoms with E-state index in [4.69, 9.17) is 0 Å². The van der Waals surface area contributed by atoms with E-state index in [0.29, 0.717) is 0 Å². The fourth-order valence-corrected chi connectivity index (χ4v) is 4.48. The summed E-state index contributed by atoms with van der Waals surface area (Å²) in [6.45, 7) is 0. The Morgan fingerprint density at radius 3 is 0.900 bits per heavy atom. The molecule has 2 heteroatoms. The first kappa shape index (κ1) is 14.5. The summed E-state index contributed by atoms with van der Waals surface area (Å²) < 4.78 is 0. The van der Waals surface area contributed by atoms with Crippen molar-refractivity contribution in [2.45, 2.75) is 0 Å². The highest BCUT2D eigenvalue weighted by Crippen LogP contribution is 2.32. The summed E-state index contributed by atoms with van der Waals surface area (Å²) in [5, 5.41) is 4.19. The zero-order valence-corrected chi connectivity index (χ0v) is 11.9. The zero-order chi connectivity index (χ0) is 12.9. The standard InChI is InChI=1S/C18H15P.N/c1-4-10-16(11-5-1)19(17-12-6-2-7-13-17)18-14-8-3-9-15-18;/h1-15H;. The molecule has 0 fully saturated rings. The van der Waals surface area contributed by atoms with Gasteiger partial charge in [0.05, 0.1) is 0 Å². The quantitative estimate of drug-likeness (QED) is 0.659. The molecule has 0 saturated heterocycles. The van der Waals surface area contributed by atoms with Crippen molar-refractivity contribution < 1.29 is 0 Å². The SMILES string of the molecule is [N].c1ccc(P(c2ccccc2)c2ccccc2)cc1. The van der Waals surface area contributed by atoms with Crippen LogP contribution in [-0.2, 0) is 0 Å². The average Bonchev–Trinajstić information content (AvgIpc) is 2.51. The van der Waals surface area contributed by atoms with Crippen LogP contribution in [0.3, 0.4) is 0 Å². The minimum atomic E-state index is -0.446. The van der Waals surface area contributed by atoms with Crippen LogP contribution < -0.4 is 22.1 Å². The van der Waals surface area contributed by atoms with E-state index < -0.39 is 7.92 Å². The van der Waals surface area contributed by atoms with Crippen LogP contribution >= 0.6 is 7.92 Å². The number of hydrogen-bond acceptors (Lipinski definition) is 0. The van der Waals surface area contributed by atoms with Gasteiger partial charge in [-0.15, -0.1) is 0 Å². The van der Waals surface area contributed by atoms with Gasteiger partial charge in [-0.05, 0) is 23.8 Å². The van der Waals surface area contributed by atoms with Gasteiger partial charge in [-0.2, -0.15) is 0 Å². The molecule has 0 aliphatic heterocycles. The lowest BCUT2D eigenvalue weighted by Crippen LogP contribution is -2.20. The molecule has 0 N–H and O–H groups in total. The molecule has 0 bridgehead atoms. The van der Waals surface area contributed by atoms with Gasteiger partial charge in [-0.3, -0.25) is 0 Å². The first-order chi connectivity index (χ1) is 9.45. The number of nitrogens with zero attached hydrogens (tertiary/aromatic N) is 1. The van der Waals surface area contributed by atoms with Gasteiger partial charge in [0.15, 0.2) is 0 Å². The van der Waals surface area contributed by atoms with E-state index in [0.717, 1.165) is 0 Å². The Morgan fingerprint density at radius 1 is 0.400 bits per heavy atom. The van der Waals surface area contributed by atoms with Crippen molar-refractivity contribution in [3.8, 4) is 0 Å². The molecular formula is C18H15NP. The van der Waals surface area contributed by atoms with Crippen LogP contribution in [0.4, 0.5) is 0 Å². The maximum absolute atomic E-state index is 2.23. The van der Waals surface area contributed by atoms with Crippen LogP contribution in [0.1, 0.15) is 0 Å². The first-order valence-electron chi connectivity index (χ1n) is 6.40. The second-order valence-corrected chi connectivity index (χ2v) is 6.56. The van der Waals surface area contributed by atoms with Crippen molar-refractivity contribution in [3.05, 3.63) is 91.0 Å². The second kappa shape index (κ2) is 7.00. The van der Waals surface area contributed by atoms with Crippen molar-refractivity contribution in [1.29, 1.82) is 0 Å². The molecule has 1 nitrogen and oxygen atoms in total. The minimum Gasteiger partial charge on any atom is -0.0622 e. The molecule has 0 atom stereocenters. The lowest BCUT2D eigenvalue weighted by atomic mass is 10.4. The van der Waals surface area contributed by atoms with E-state index in [2.05, 4.69) is 91.0 Å². The highest BCUT2D eigenvalue weighted by molar-refractivity contribution is 7.79. The fourth-order valence-electron chi connectivity index (χ4n) is 2.18. The minimum absolute atomic E-state index is 0. The largest absolute Gasteiger partial charge is 0.0622 e. The Labute approximate surface area is 121 Å². The molecule has 3 radical (unpaired) electrons. The molecule has 0 aromatic heterocycles. The van der Waals surface area contributed by atoms with Crippen molar-refractivity contribution >= 4 is 23.8 Å². The van der Waals surface area contributed by atoms with E-state index in [1.165, 1.54) is 15.9 Å². The first-order valence-corrected chi connectivity index (χ1v) is 7.74. The van der Waals surface area contributed by atoms with E-state index >= 15 is 0 Å². The van der Waals surface area contributed by atoms with Gasteiger partial charge < -0.3 is 0 Å². The summed E-state index contributed by atoms with van der Waals surface area (Å²) in [5.41, 5.74) is 0. The van der Waals surface area contributed by atoms with Gasteiger partial charge >= 0.3 is 0 Å². The molecule has 0 amide bonds. The summed E-state index contributed by atoms with van der Waals surface area (Å²) >= 11 is 0. The van der Waals surface area contributed by atoms with Gasteiger partial charge in [0, 0.05) is 6.15 Å². The zero-order valence-electron chi connectivity index (χ0n) is 11.1. The molecule has 0 saturated carbocycles. The summed E-state index contributed by atoms with van der Waals surface area (Å²) in [6.07, 6.45) is 0. The molecule has 0 unspecified atom stereocenters. The summed E-state index contributed by atoms with van der Waals surface area (Å²) in [4.78, 5) is 0. The maximum Gasteiger partial charge on any atom is 0 e. The third kappa shape index (κ3) is 3.14. The lowest BCUT2D eigenvalue weighted by Gasteiger charge is -2.18. The molecule has 0 aliphatic rings. The molecule has 97 valence electrons. The van der Waals surface area contributed by atoms with Crippen molar-refractivity contribution in [1.82, 2.24) is 6.15 Å². The lowest BCUT2D eigenvalue weighted by molar-refractivity contribution is 1.74. The Hall–Kier alpha value is -1.95. The highest BCUT2D eigenvalue weighted by Gasteiger charge is 2.14. The molecule has 0 heterocycles. The Kier molecular flexibility index (Phi) is 5.06. The predicted molar refractivity (Wildman–Crippen MR) is 87.3 cm³/mol. The number of rotatable bonds is 3. The number of benzene rings is 3. The van der Waals surface area contributed by atoms with Gasteiger partial charge in [0.1, 0.15) is 0 Å². The summed E-state index contributed by atoms with van der Waals surface area (Å²) in [7, 11) is -0.446. The summed E-state index contributed by atoms with van der Waals surface area (Å²) in [6, 6.07) is 32.3. The molecular weight excluding hydrogens is 261 g/mol. The molecule has 0 spiro atoms. The van der Waals surface area contributed by atoms with E-state index in [1.54, 1.807) is 0 Å². The van der Waals surface area contributed by atoms with Crippen molar-refractivity contribution in [3.63, 3.8) is 0 Å². The summed E-state index contributed by atoms with van der Waals surface area (Å²) in [5.74, 6) is 0. The Balaban J connectivity index is 0.00000147. The monoisotopic (exact) mass is 276 g/mol. The van der Waals surface area contributed by atoms with Gasteiger partial charge in [-0.25, -0.2) is 0 Å². The van der Waals surface area contributed by atoms with E-state index in [9.17, 15) is 0 Å². The average molecular weight is 276 g/mol. The normalized spacial score (nSPS) is 10.1. The van der Waals surface area contributed by atoms with Crippen molar-refractivity contribution in [2.75, 3.05) is 0 Å². The van der Waals surface area contributed by atoms with E-state index in [-0.39, 0.29) is 6.15 Å². The molecule has 3 aromatic carbocycles. The smallest absolute Gasteiger partial charge is 0 e. The highest BCUT2D eigenvalue weighted by atomic mass is 31.1. The molecule has 3 aromatic rings. The van der Waals surface area contributed by atoms with Crippen molar-refractivity contribution in [2.24, 2.45) is 0 Å². The third-order valence-electron chi connectivity index (χ3n) is 3.04. The van der Waals surface area contributed by atoms with Crippen LogP contribution in [0, 0.1) is 0 Å². The van der Waals surface area contributed by atoms with E-state index in [1.807, 2.05) is 0 Å². The fraction of sp³-hybridized carbons (Fsp3) is 0. The van der Waals surface area contributed by atoms with Gasteiger partial charge in [0.25, 0.3) is 0 Å². The van der Waals surface area contributed by atoms with Crippen LogP contribution in [0.2, 0.25) is 0 Å². The van der Waals surface area contributed by atoms with Gasteiger partial charge in [-0.1, -0.05) is 91.0 Å². The molecule has 20 heavy (non-hydrogen) atoms. The van der Waals surface area contributed by atoms with Crippen LogP contribution in [0.15, 0.2) is 91.0 Å². The van der Waals surface area contributed by atoms with Gasteiger partial charge in [0.2, 0.25) is 0 Å². The topological polar surface area (TPSA) is 30.5 Å². The molecule has 0 aliphatic carbocycles. The van der Waals surface area contributed by atoms with Crippen LogP contribution in [0.25, 0.3) is 0 Å². The molecule has 3 rings (SSSR count). The van der Waals surface area contributed by atoms with Crippen LogP contribution in [0.5, 0.6) is 0 Å². The second-order valence-electron chi connectivity index (χ2n) is 4.34. The Bertz CT molecular complexity index is 529. The van der Waals surface area contributed by atoms with Crippen LogP contribution in [-0.4, -0.2) is 0 Å².